The van der Waals surface area contributed by atoms with Gasteiger partial charge in [0, 0.05) is 49.6 Å². The highest BCUT2D eigenvalue weighted by molar-refractivity contribution is 7.22. The zero-order valence-corrected chi connectivity index (χ0v) is 27.7. The summed E-state index contributed by atoms with van der Waals surface area (Å²) in [6, 6.07) is 18.1. The van der Waals surface area contributed by atoms with E-state index in [9.17, 15) is 14.3 Å². The van der Waals surface area contributed by atoms with E-state index >= 15 is 0 Å². The molecule has 0 bridgehead atoms. The smallest absolute Gasteiger partial charge is 0.326 e. The van der Waals surface area contributed by atoms with Gasteiger partial charge in [-0.3, -0.25) is 4.90 Å². The summed E-state index contributed by atoms with van der Waals surface area (Å²) in [5, 5.41) is 14.5. The molecule has 0 amide bonds. The second kappa shape index (κ2) is 14.6. The number of nitrogens with zero attached hydrogens (tertiary/aromatic N) is 4. The number of hydrogen-bond donors (Lipinski definition) is 2. The van der Waals surface area contributed by atoms with Crippen LogP contribution < -0.4 is 14.8 Å². The van der Waals surface area contributed by atoms with Crippen molar-refractivity contribution >= 4 is 44.9 Å². The molecular formula is C35H35ClFN5O4S. The molecule has 0 unspecified atom stereocenters. The number of piperazine rings is 1. The number of carbonyl (C=O) groups is 1. The molecule has 1 aliphatic rings. The van der Waals surface area contributed by atoms with Crippen LogP contribution in [0.25, 0.3) is 31.8 Å². The zero-order chi connectivity index (χ0) is 32.9. The van der Waals surface area contributed by atoms with Crippen molar-refractivity contribution in [2.45, 2.75) is 12.5 Å². The summed E-state index contributed by atoms with van der Waals surface area (Å²) in [5.41, 5.74) is 3.05. The number of hydrogen-bond acceptors (Lipinski definition) is 9. The number of nitrogens with one attached hydrogen (secondary N) is 1. The van der Waals surface area contributed by atoms with Gasteiger partial charge in [-0.2, -0.15) is 0 Å². The van der Waals surface area contributed by atoms with Crippen LogP contribution in [0.2, 0.25) is 5.02 Å². The number of carboxylic acid groups (broad SMARTS) is 1. The Kier molecular flexibility index (Phi) is 10.2. The quantitative estimate of drug-likeness (QED) is 0.152. The Morgan fingerprint density at radius 2 is 1.79 bits per heavy atom. The lowest BCUT2D eigenvalue weighted by atomic mass is 9.99. The van der Waals surface area contributed by atoms with E-state index in [0.29, 0.717) is 39.2 Å². The number of para-hydroxylation sites is 1. The van der Waals surface area contributed by atoms with Gasteiger partial charge >= 0.3 is 5.97 Å². The van der Waals surface area contributed by atoms with Crippen molar-refractivity contribution in [3.8, 4) is 33.1 Å². The first-order valence-corrected chi connectivity index (χ1v) is 16.5. The normalized spacial score (nSPS) is 14.6. The first kappa shape index (κ1) is 32.6. The predicted octanol–water partition coefficient (Wildman–Crippen LogP) is 6.56. The fourth-order valence-electron chi connectivity index (χ4n) is 5.71. The monoisotopic (exact) mass is 675 g/mol. The number of aromatic nitrogens is 2. The molecule has 244 valence electrons. The number of anilines is 1. The molecule has 2 N–H and O–H groups in total. The summed E-state index contributed by atoms with van der Waals surface area (Å²) in [5.74, 6) is 0.147. The zero-order valence-electron chi connectivity index (χ0n) is 26.1. The predicted molar refractivity (Wildman–Crippen MR) is 184 cm³/mol. The molecule has 9 nitrogen and oxygen atoms in total. The molecule has 1 aliphatic heterocycles. The van der Waals surface area contributed by atoms with Gasteiger partial charge in [0.05, 0.1) is 17.5 Å². The molecule has 0 radical (unpaired) electrons. The van der Waals surface area contributed by atoms with E-state index in [4.69, 9.17) is 21.1 Å². The molecule has 1 atom stereocenters. The van der Waals surface area contributed by atoms with Crippen LogP contribution in [0.5, 0.6) is 11.5 Å². The van der Waals surface area contributed by atoms with E-state index < -0.39 is 12.0 Å². The SMILES string of the molecule is COc1ccccc1C[C@@H](Nc1ncnc2sc(-c3ccc(F)cc3)c(-c3ccc(OCCN4CCN(C)CC4)c(Cl)c3)c12)C(=O)O. The average molecular weight is 676 g/mol. The Morgan fingerprint density at radius 3 is 2.51 bits per heavy atom. The summed E-state index contributed by atoms with van der Waals surface area (Å²) in [6.07, 6.45) is 1.56. The highest BCUT2D eigenvalue weighted by Crippen LogP contribution is 2.47. The van der Waals surface area contributed by atoms with Crippen molar-refractivity contribution in [2.24, 2.45) is 0 Å². The molecule has 0 saturated carbocycles. The van der Waals surface area contributed by atoms with Gasteiger partial charge in [-0.25, -0.2) is 19.2 Å². The summed E-state index contributed by atoms with van der Waals surface area (Å²) < 4.78 is 25.5. The van der Waals surface area contributed by atoms with Crippen molar-refractivity contribution in [1.82, 2.24) is 19.8 Å². The molecular weight excluding hydrogens is 641 g/mol. The minimum Gasteiger partial charge on any atom is -0.496 e. The van der Waals surface area contributed by atoms with Crippen molar-refractivity contribution in [3.05, 3.63) is 89.5 Å². The van der Waals surface area contributed by atoms with Crippen molar-refractivity contribution < 1.29 is 23.8 Å². The highest BCUT2D eigenvalue weighted by Gasteiger charge is 2.26. The molecule has 6 rings (SSSR count). The maximum Gasteiger partial charge on any atom is 0.326 e. The molecule has 0 aliphatic carbocycles. The van der Waals surface area contributed by atoms with E-state index in [0.717, 1.165) is 59.9 Å². The molecule has 3 aromatic carbocycles. The molecule has 1 saturated heterocycles. The number of methoxy groups -OCH3 is 1. The molecule has 3 heterocycles. The molecule has 0 spiro atoms. The van der Waals surface area contributed by atoms with Gasteiger partial charge in [0.25, 0.3) is 0 Å². The molecule has 1 fully saturated rings. The van der Waals surface area contributed by atoms with E-state index in [1.807, 2.05) is 36.4 Å². The van der Waals surface area contributed by atoms with Crippen molar-refractivity contribution in [1.29, 1.82) is 0 Å². The van der Waals surface area contributed by atoms with E-state index in [1.165, 1.54) is 29.8 Å². The van der Waals surface area contributed by atoms with E-state index in [-0.39, 0.29) is 12.2 Å². The molecule has 47 heavy (non-hydrogen) atoms. The van der Waals surface area contributed by atoms with Crippen LogP contribution >= 0.6 is 22.9 Å². The van der Waals surface area contributed by atoms with Gasteiger partial charge < -0.3 is 24.8 Å². The fourth-order valence-corrected chi connectivity index (χ4v) is 7.11. The summed E-state index contributed by atoms with van der Waals surface area (Å²) in [4.78, 5) is 27.7. The lowest BCUT2D eigenvalue weighted by molar-refractivity contribution is -0.137. The van der Waals surface area contributed by atoms with Crippen LogP contribution in [0.1, 0.15) is 5.56 Å². The Bertz CT molecular complexity index is 1860. The Labute approximate surface area is 281 Å². The van der Waals surface area contributed by atoms with Crippen LogP contribution in [-0.4, -0.2) is 90.4 Å². The van der Waals surface area contributed by atoms with E-state index in [1.54, 1.807) is 25.3 Å². The minimum absolute atomic E-state index is 0.154. The number of thiophene rings is 1. The first-order valence-electron chi connectivity index (χ1n) is 15.3. The Hall–Kier alpha value is -4.29. The van der Waals surface area contributed by atoms with Crippen molar-refractivity contribution in [3.63, 3.8) is 0 Å². The number of rotatable bonds is 12. The van der Waals surface area contributed by atoms with Gasteiger partial charge in [0.1, 0.15) is 46.9 Å². The summed E-state index contributed by atoms with van der Waals surface area (Å²) >= 11 is 8.23. The van der Waals surface area contributed by atoms with Crippen molar-refractivity contribution in [2.75, 3.05) is 58.8 Å². The Balaban J connectivity index is 1.36. The first-order chi connectivity index (χ1) is 22.8. The highest BCUT2D eigenvalue weighted by atomic mass is 35.5. The van der Waals surface area contributed by atoms with Gasteiger partial charge in [0.15, 0.2) is 0 Å². The number of ether oxygens (including phenoxy) is 2. The van der Waals surface area contributed by atoms with Crippen LogP contribution in [0, 0.1) is 5.82 Å². The minimum atomic E-state index is -1.04. The van der Waals surface area contributed by atoms with Crippen LogP contribution in [-0.2, 0) is 11.2 Å². The van der Waals surface area contributed by atoms with Gasteiger partial charge in [0.2, 0.25) is 0 Å². The van der Waals surface area contributed by atoms with Gasteiger partial charge in [-0.1, -0.05) is 48.0 Å². The average Bonchev–Trinajstić information content (AvgIpc) is 3.47. The third-order valence-electron chi connectivity index (χ3n) is 8.30. The standard InChI is InChI=1S/C35H35ClFN5O4S/c1-41-13-15-42(16-14-41)17-18-46-29-12-9-24(19-26(29)36)30-31-33(40-27(35(43)44)20-23-5-3-4-6-28(23)45-2)38-21-39-34(31)47-32(30)22-7-10-25(37)11-8-22/h3-12,19,21,27H,13-18,20H2,1-2H3,(H,43,44)(H,38,39,40)/t27-/m1/s1. The lowest BCUT2D eigenvalue weighted by Gasteiger charge is -2.32. The number of halogens is 2. The van der Waals surface area contributed by atoms with E-state index in [2.05, 4.69) is 32.1 Å². The van der Waals surface area contributed by atoms with Gasteiger partial charge in [-0.05, 0) is 54.1 Å². The lowest BCUT2D eigenvalue weighted by Crippen LogP contribution is -2.45. The maximum atomic E-state index is 14.0. The molecule has 2 aromatic heterocycles. The molecule has 12 heteroatoms. The number of fused-ring (bicyclic) bond motifs is 1. The third kappa shape index (κ3) is 7.49. The van der Waals surface area contributed by atoms with Crippen LogP contribution in [0.4, 0.5) is 10.2 Å². The fraction of sp³-hybridized carbons (Fsp3) is 0.286. The second-order valence-corrected chi connectivity index (χ2v) is 12.8. The maximum absolute atomic E-state index is 14.0. The molecule has 5 aromatic rings. The largest absolute Gasteiger partial charge is 0.496 e. The second-order valence-electron chi connectivity index (χ2n) is 11.4. The summed E-state index contributed by atoms with van der Waals surface area (Å²) in [7, 11) is 3.69. The topological polar surface area (TPSA) is 100 Å². The third-order valence-corrected chi connectivity index (χ3v) is 9.74. The number of aliphatic carboxylic acids is 1. The summed E-state index contributed by atoms with van der Waals surface area (Å²) in [6.45, 7) is 5.40. The van der Waals surface area contributed by atoms with Crippen LogP contribution in [0.15, 0.2) is 73.1 Å². The van der Waals surface area contributed by atoms with Crippen LogP contribution in [0.3, 0.4) is 0 Å². The number of carboxylic acids is 1. The Morgan fingerprint density at radius 1 is 1.04 bits per heavy atom. The number of benzene rings is 3. The number of likely N-dealkylation sites (N-methyl/N-ethyl adjacent to an activating group) is 1. The van der Waals surface area contributed by atoms with Gasteiger partial charge in [-0.15, -0.1) is 11.3 Å².